The summed E-state index contributed by atoms with van der Waals surface area (Å²) in [7, 11) is 0. The Labute approximate surface area is 142 Å². The molecule has 5 nitrogen and oxygen atoms in total. The lowest BCUT2D eigenvalue weighted by Gasteiger charge is -2.43. The highest BCUT2D eigenvalue weighted by Gasteiger charge is 2.32. The summed E-state index contributed by atoms with van der Waals surface area (Å²) in [6.45, 7) is 5.19. The zero-order chi connectivity index (χ0) is 16.4. The van der Waals surface area contributed by atoms with E-state index in [1.165, 1.54) is 31.2 Å². The molecule has 1 aromatic rings. The van der Waals surface area contributed by atoms with Crippen LogP contribution in [-0.4, -0.2) is 35.5 Å². The summed E-state index contributed by atoms with van der Waals surface area (Å²) < 4.78 is 0. The lowest BCUT2D eigenvalue weighted by molar-refractivity contribution is -0.384. The van der Waals surface area contributed by atoms with E-state index in [9.17, 15) is 10.1 Å². The van der Waals surface area contributed by atoms with Gasteiger partial charge in [0, 0.05) is 18.2 Å². The minimum absolute atomic E-state index is 0.0112. The predicted octanol–water partition coefficient (Wildman–Crippen LogP) is 3.84. The van der Waals surface area contributed by atoms with Crippen molar-refractivity contribution in [2.45, 2.75) is 51.1 Å². The summed E-state index contributed by atoms with van der Waals surface area (Å²) in [6.07, 6.45) is 5.91. The number of halogens is 1. The summed E-state index contributed by atoms with van der Waals surface area (Å²) in [5.74, 6) is 0. The molecule has 6 heteroatoms. The molecule has 0 bridgehead atoms. The van der Waals surface area contributed by atoms with Crippen molar-refractivity contribution in [1.29, 1.82) is 0 Å². The van der Waals surface area contributed by atoms with Gasteiger partial charge in [-0.15, -0.1) is 0 Å². The average Bonchev–Trinajstić information content (AvgIpc) is 2.58. The van der Waals surface area contributed by atoms with Gasteiger partial charge in [-0.2, -0.15) is 0 Å². The molecular weight excluding hydrogens is 314 g/mol. The smallest absolute Gasteiger partial charge is 0.288 e. The Kier molecular flexibility index (Phi) is 5.19. The van der Waals surface area contributed by atoms with Crippen molar-refractivity contribution in [1.82, 2.24) is 10.2 Å². The van der Waals surface area contributed by atoms with Crippen LogP contribution in [0.3, 0.4) is 0 Å². The lowest BCUT2D eigenvalue weighted by Crippen LogP contribution is -2.46. The van der Waals surface area contributed by atoms with Crippen LogP contribution in [0.2, 0.25) is 5.02 Å². The van der Waals surface area contributed by atoms with Crippen molar-refractivity contribution < 1.29 is 4.92 Å². The molecule has 1 atom stereocenters. The van der Waals surface area contributed by atoms with Crippen molar-refractivity contribution in [3.8, 4) is 0 Å². The zero-order valence-corrected chi connectivity index (χ0v) is 14.3. The number of nitro benzene ring substituents is 1. The number of likely N-dealkylation sites (tertiary alicyclic amines) is 1. The van der Waals surface area contributed by atoms with Crippen LogP contribution in [0.15, 0.2) is 12.1 Å². The molecule has 1 aromatic carbocycles. The summed E-state index contributed by atoms with van der Waals surface area (Å²) >= 11 is 6.28. The minimum Gasteiger partial charge on any atom is -0.317 e. The van der Waals surface area contributed by atoms with Gasteiger partial charge in [0.15, 0.2) is 0 Å². The number of piperidine rings is 2. The molecule has 126 valence electrons. The number of nitrogens with zero attached hydrogens (tertiary/aromatic N) is 2. The number of rotatable bonds is 3. The number of benzene rings is 1. The lowest BCUT2D eigenvalue weighted by atomic mass is 9.89. The van der Waals surface area contributed by atoms with Crippen molar-refractivity contribution >= 4 is 17.3 Å². The summed E-state index contributed by atoms with van der Waals surface area (Å²) in [4.78, 5) is 13.3. The second-order valence-electron chi connectivity index (χ2n) is 6.60. The van der Waals surface area contributed by atoms with E-state index < -0.39 is 4.92 Å². The number of nitrogens with one attached hydrogen (secondary N) is 1. The molecule has 2 saturated heterocycles. The molecule has 2 aliphatic heterocycles. The molecule has 23 heavy (non-hydrogen) atoms. The molecule has 0 aromatic heterocycles. The maximum Gasteiger partial charge on any atom is 0.288 e. The first-order valence-electron chi connectivity index (χ1n) is 8.49. The number of nitro groups is 1. The first-order valence-corrected chi connectivity index (χ1v) is 8.87. The van der Waals surface area contributed by atoms with E-state index in [2.05, 4.69) is 10.2 Å². The highest BCUT2D eigenvalue weighted by atomic mass is 35.5. The SMILES string of the molecule is Cc1c(C2CCCCN2C2CCNCC2)ccc([N+](=O)[O-])c1Cl. The predicted molar refractivity (Wildman–Crippen MR) is 92.0 cm³/mol. The van der Waals surface area contributed by atoms with E-state index in [0.717, 1.165) is 31.6 Å². The third-order valence-corrected chi connectivity index (χ3v) is 5.76. The Balaban J connectivity index is 1.91. The fraction of sp³-hybridized carbons (Fsp3) is 0.647. The van der Waals surface area contributed by atoms with Gasteiger partial charge in [0.25, 0.3) is 5.69 Å². The van der Waals surface area contributed by atoms with Crippen molar-refractivity contribution in [2.75, 3.05) is 19.6 Å². The van der Waals surface area contributed by atoms with Crippen LogP contribution in [-0.2, 0) is 0 Å². The Morgan fingerprint density at radius 2 is 2.00 bits per heavy atom. The van der Waals surface area contributed by atoms with E-state index in [4.69, 9.17) is 11.6 Å². The van der Waals surface area contributed by atoms with Gasteiger partial charge in [0.2, 0.25) is 0 Å². The van der Waals surface area contributed by atoms with Gasteiger partial charge in [0.05, 0.1) is 4.92 Å². The fourth-order valence-electron chi connectivity index (χ4n) is 4.05. The maximum absolute atomic E-state index is 11.1. The van der Waals surface area contributed by atoms with E-state index in [-0.39, 0.29) is 5.69 Å². The van der Waals surface area contributed by atoms with Crippen molar-refractivity contribution in [2.24, 2.45) is 0 Å². The molecule has 1 N–H and O–H groups in total. The van der Waals surface area contributed by atoms with E-state index >= 15 is 0 Å². The van der Waals surface area contributed by atoms with Gasteiger partial charge in [-0.25, -0.2) is 0 Å². The van der Waals surface area contributed by atoms with E-state index in [1.54, 1.807) is 6.07 Å². The largest absolute Gasteiger partial charge is 0.317 e. The molecule has 0 aliphatic carbocycles. The van der Waals surface area contributed by atoms with Gasteiger partial charge in [-0.05, 0) is 63.4 Å². The molecular formula is C17H24ClN3O2. The molecule has 1 unspecified atom stereocenters. The van der Waals surface area contributed by atoms with E-state index in [1.807, 2.05) is 13.0 Å². The summed E-state index contributed by atoms with van der Waals surface area (Å²) in [5, 5.41) is 14.8. The highest BCUT2D eigenvalue weighted by molar-refractivity contribution is 6.33. The Bertz CT molecular complexity index is 587. The molecule has 2 aliphatic rings. The Morgan fingerprint density at radius 3 is 2.70 bits per heavy atom. The zero-order valence-electron chi connectivity index (χ0n) is 13.6. The van der Waals surface area contributed by atoms with Crippen LogP contribution in [0.5, 0.6) is 0 Å². The number of hydrogen-bond donors (Lipinski definition) is 1. The number of hydrogen-bond acceptors (Lipinski definition) is 4. The highest BCUT2D eigenvalue weighted by Crippen LogP contribution is 2.40. The normalized spacial score (nSPS) is 23.8. The Morgan fingerprint density at radius 1 is 1.26 bits per heavy atom. The van der Waals surface area contributed by atoms with Crippen LogP contribution < -0.4 is 5.32 Å². The Hall–Kier alpha value is -1.17. The first-order chi connectivity index (χ1) is 11.1. The van der Waals surface area contributed by atoms with Crippen LogP contribution in [0.25, 0.3) is 0 Å². The van der Waals surface area contributed by atoms with Gasteiger partial charge in [-0.3, -0.25) is 15.0 Å². The second-order valence-corrected chi connectivity index (χ2v) is 6.98. The van der Waals surface area contributed by atoms with Crippen LogP contribution in [0, 0.1) is 17.0 Å². The molecule has 0 spiro atoms. The molecule has 2 heterocycles. The molecule has 2 fully saturated rings. The van der Waals surface area contributed by atoms with Crippen LogP contribution in [0.4, 0.5) is 5.69 Å². The monoisotopic (exact) mass is 337 g/mol. The average molecular weight is 338 g/mol. The van der Waals surface area contributed by atoms with Crippen LogP contribution in [0.1, 0.15) is 49.3 Å². The van der Waals surface area contributed by atoms with E-state index in [0.29, 0.717) is 17.1 Å². The quantitative estimate of drug-likeness (QED) is 0.672. The summed E-state index contributed by atoms with van der Waals surface area (Å²) in [5.41, 5.74) is 2.04. The van der Waals surface area contributed by atoms with Gasteiger partial charge >= 0.3 is 0 Å². The molecule has 0 saturated carbocycles. The third kappa shape index (κ3) is 3.37. The third-order valence-electron chi connectivity index (χ3n) is 5.29. The fourth-order valence-corrected chi connectivity index (χ4v) is 4.29. The molecule has 0 amide bonds. The van der Waals surface area contributed by atoms with Gasteiger partial charge < -0.3 is 5.32 Å². The van der Waals surface area contributed by atoms with Crippen LogP contribution >= 0.6 is 11.6 Å². The van der Waals surface area contributed by atoms with Crippen molar-refractivity contribution in [3.63, 3.8) is 0 Å². The molecule has 3 rings (SSSR count). The molecule has 0 radical (unpaired) electrons. The second kappa shape index (κ2) is 7.16. The standard InChI is InChI=1S/C17H24ClN3O2/c1-12-14(5-6-16(17(12)18)21(22)23)15-4-2-3-11-20(15)13-7-9-19-10-8-13/h5-6,13,15,19H,2-4,7-11H2,1H3. The van der Waals surface area contributed by atoms with Crippen molar-refractivity contribution in [3.05, 3.63) is 38.4 Å². The first kappa shape index (κ1) is 16.7. The minimum atomic E-state index is -0.398. The van der Waals surface area contributed by atoms with Gasteiger partial charge in [0.1, 0.15) is 5.02 Å². The van der Waals surface area contributed by atoms with Gasteiger partial charge in [-0.1, -0.05) is 24.1 Å². The topological polar surface area (TPSA) is 58.4 Å². The maximum atomic E-state index is 11.1. The summed E-state index contributed by atoms with van der Waals surface area (Å²) in [6, 6.07) is 4.43.